The number of carbonyl (C=O) groups excluding carboxylic acids is 2. The number of nitrogens with zero attached hydrogens (tertiary/aromatic N) is 2. The minimum Gasteiger partial charge on any atom is -0.422 e. The highest BCUT2D eigenvalue weighted by molar-refractivity contribution is 6.16. The third-order valence-corrected chi connectivity index (χ3v) is 4.32. The first kappa shape index (κ1) is 15.1. The molecule has 0 saturated heterocycles. The fraction of sp³-hybridized carbons (Fsp3) is 0.105. The first-order valence-corrected chi connectivity index (χ1v) is 7.76. The van der Waals surface area contributed by atoms with E-state index in [2.05, 4.69) is 0 Å². The molecule has 1 aliphatic heterocycles. The van der Waals surface area contributed by atoms with E-state index in [0.29, 0.717) is 22.3 Å². The van der Waals surface area contributed by atoms with E-state index >= 15 is 0 Å². The number of likely N-dealkylation sites (N-methyl/N-ethyl adjacent to an activating group) is 1. The van der Waals surface area contributed by atoms with Crippen LogP contribution < -0.4 is 15.4 Å². The largest absolute Gasteiger partial charge is 0.422 e. The molecule has 2 heterocycles. The maximum atomic E-state index is 13.0. The standard InChI is InChI=1S/C19H14N2O4/c1-20-14-7-3-4-8-15(14)21(11-17(20)22)18(23)13-10-12-6-2-5-9-16(12)25-19(13)24/h2-10H,11H2,1H3. The monoisotopic (exact) mass is 334 g/mol. The molecular weight excluding hydrogens is 320 g/mol. The Bertz CT molecular complexity index is 1070. The average Bonchev–Trinajstić information content (AvgIpc) is 2.63. The van der Waals surface area contributed by atoms with Gasteiger partial charge in [-0.05, 0) is 24.3 Å². The molecule has 6 heteroatoms. The molecule has 2 amide bonds. The molecule has 4 rings (SSSR count). The maximum absolute atomic E-state index is 13.0. The van der Waals surface area contributed by atoms with E-state index in [1.807, 2.05) is 0 Å². The van der Waals surface area contributed by atoms with Crippen molar-refractivity contribution < 1.29 is 14.0 Å². The molecule has 0 N–H and O–H groups in total. The molecule has 0 radical (unpaired) electrons. The summed E-state index contributed by atoms with van der Waals surface area (Å²) >= 11 is 0. The lowest BCUT2D eigenvalue weighted by atomic mass is 10.1. The lowest BCUT2D eigenvalue weighted by Crippen LogP contribution is -2.47. The third-order valence-electron chi connectivity index (χ3n) is 4.32. The van der Waals surface area contributed by atoms with Crippen molar-refractivity contribution in [2.75, 3.05) is 23.4 Å². The number of amides is 2. The summed E-state index contributed by atoms with van der Waals surface area (Å²) in [5.74, 6) is -0.773. The van der Waals surface area contributed by atoms with Gasteiger partial charge in [-0.15, -0.1) is 0 Å². The zero-order valence-corrected chi connectivity index (χ0v) is 13.4. The van der Waals surface area contributed by atoms with Crippen molar-refractivity contribution in [3.05, 3.63) is 70.6 Å². The lowest BCUT2D eigenvalue weighted by Gasteiger charge is -2.33. The number of fused-ring (bicyclic) bond motifs is 2. The molecule has 0 unspecified atom stereocenters. The van der Waals surface area contributed by atoms with E-state index in [1.165, 1.54) is 15.9 Å². The van der Waals surface area contributed by atoms with Gasteiger partial charge in [-0.2, -0.15) is 0 Å². The van der Waals surface area contributed by atoms with Crippen molar-refractivity contribution in [3.8, 4) is 0 Å². The Balaban J connectivity index is 1.84. The van der Waals surface area contributed by atoms with Crippen molar-refractivity contribution in [2.24, 2.45) is 0 Å². The van der Waals surface area contributed by atoms with E-state index in [1.54, 1.807) is 55.6 Å². The molecule has 0 atom stereocenters. The summed E-state index contributed by atoms with van der Waals surface area (Å²) in [5, 5.41) is 0.652. The summed E-state index contributed by atoms with van der Waals surface area (Å²) in [5.41, 5.74) is 0.816. The van der Waals surface area contributed by atoms with Crippen LogP contribution in [-0.2, 0) is 4.79 Å². The minimum absolute atomic E-state index is 0.0918. The molecule has 0 spiro atoms. The van der Waals surface area contributed by atoms with Crippen molar-refractivity contribution in [3.63, 3.8) is 0 Å². The van der Waals surface area contributed by atoms with Crippen LogP contribution in [0.4, 0.5) is 11.4 Å². The molecule has 0 bridgehead atoms. The van der Waals surface area contributed by atoms with Crippen molar-refractivity contribution in [1.29, 1.82) is 0 Å². The Kier molecular flexibility index (Phi) is 3.39. The summed E-state index contributed by atoms with van der Waals surface area (Å²) in [6.07, 6.45) is 0. The molecule has 124 valence electrons. The first-order valence-electron chi connectivity index (χ1n) is 7.76. The zero-order chi connectivity index (χ0) is 17.6. The van der Waals surface area contributed by atoms with Crippen LogP contribution >= 0.6 is 0 Å². The minimum atomic E-state index is -0.715. The second-order valence-corrected chi connectivity index (χ2v) is 5.82. The zero-order valence-electron chi connectivity index (χ0n) is 13.4. The van der Waals surface area contributed by atoms with E-state index in [9.17, 15) is 14.4 Å². The molecule has 1 aromatic heterocycles. The van der Waals surface area contributed by atoms with Crippen LogP contribution in [0, 0.1) is 0 Å². The molecule has 25 heavy (non-hydrogen) atoms. The molecule has 0 aliphatic carbocycles. The highest BCUT2D eigenvalue weighted by Gasteiger charge is 2.32. The quantitative estimate of drug-likeness (QED) is 0.641. The van der Waals surface area contributed by atoms with Crippen LogP contribution in [0.15, 0.2) is 63.8 Å². The Morgan fingerprint density at radius 3 is 2.48 bits per heavy atom. The van der Waals surface area contributed by atoms with Gasteiger partial charge in [-0.1, -0.05) is 30.3 Å². The summed E-state index contributed by atoms with van der Waals surface area (Å²) < 4.78 is 5.24. The van der Waals surface area contributed by atoms with Crippen molar-refractivity contribution in [2.45, 2.75) is 0 Å². The first-order chi connectivity index (χ1) is 12.1. The molecule has 2 aromatic carbocycles. The van der Waals surface area contributed by atoms with Gasteiger partial charge in [0, 0.05) is 12.4 Å². The van der Waals surface area contributed by atoms with Gasteiger partial charge in [0.15, 0.2) is 0 Å². The summed E-state index contributed by atoms with van der Waals surface area (Å²) in [6.45, 7) is -0.126. The topological polar surface area (TPSA) is 70.8 Å². The summed E-state index contributed by atoms with van der Waals surface area (Å²) in [6, 6.07) is 15.6. The molecule has 0 saturated carbocycles. The lowest BCUT2D eigenvalue weighted by molar-refractivity contribution is -0.117. The van der Waals surface area contributed by atoms with Gasteiger partial charge in [0.25, 0.3) is 5.91 Å². The van der Waals surface area contributed by atoms with Crippen LogP contribution in [0.3, 0.4) is 0 Å². The Morgan fingerprint density at radius 2 is 1.68 bits per heavy atom. The van der Waals surface area contributed by atoms with Crippen molar-refractivity contribution in [1.82, 2.24) is 0 Å². The Morgan fingerprint density at radius 1 is 1.00 bits per heavy atom. The van der Waals surface area contributed by atoms with Gasteiger partial charge in [0.2, 0.25) is 5.91 Å². The fourth-order valence-corrected chi connectivity index (χ4v) is 2.97. The van der Waals surface area contributed by atoms with Gasteiger partial charge in [-0.25, -0.2) is 4.79 Å². The van der Waals surface area contributed by atoms with Gasteiger partial charge < -0.3 is 9.32 Å². The normalized spacial score (nSPS) is 13.9. The predicted molar refractivity (Wildman–Crippen MR) is 94.0 cm³/mol. The predicted octanol–water partition coefficient (Wildman–Crippen LogP) is 2.42. The number of anilines is 2. The Hall–Kier alpha value is -3.41. The van der Waals surface area contributed by atoms with Crippen LogP contribution in [-0.4, -0.2) is 25.4 Å². The average molecular weight is 334 g/mol. The highest BCUT2D eigenvalue weighted by Crippen LogP contribution is 2.33. The number of rotatable bonds is 1. The van der Waals surface area contributed by atoms with Crippen LogP contribution in [0.5, 0.6) is 0 Å². The fourth-order valence-electron chi connectivity index (χ4n) is 2.97. The van der Waals surface area contributed by atoms with E-state index in [-0.39, 0.29) is 18.0 Å². The molecular formula is C19H14N2O4. The maximum Gasteiger partial charge on any atom is 0.349 e. The van der Waals surface area contributed by atoms with Gasteiger partial charge in [-0.3, -0.25) is 14.5 Å². The van der Waals surface area contributed by atoms with Crippen LogP contribution in [0.25, 0.3) is 11.0 Å². The van der Waals surface area contributed by atoms with E-state index < -0.39 is 11.5 Å². The Labute approximate surface area is 142 Å². The third kappa shape index (κ3) is 2.39. The number of benzene rings is 2. The van der Waals surface area contributed by atoms with E-state index in [0.717, 1.165) is 0 Å². The summed E-state index contributed by atoms with van der Waals surface area (Å²) in [7, 11) is 1.66. The molecule has 6 nitrogen and oxygen atoms in total. The second kappa shape index (κ2) is 5.59. The highest BCUT2D eigenvalue weighted by atomic mass is 16.4. The van der Waals surface area contributed by atoms with Crippen LogP contribution in [0.1, 0.15) is 10.4 Å². The SMILES string of the molecule is CN1C(=O)CN(C(=O)c2cc3ccccc3oc2=O)c2ccccc21. The van der Waals surface area contributed by atoms with Crippen LogP contribution in [0.2, 0.25) is 0 Å². The summed E-state index contributed by atoms with van der Waals surface area (Å²) in [4.78, 5) is 40.3. The number of hydrogen-bond donors (Lipinski definition) is 0. The smallest absolute Gasteiger partial charge is 0.349 e. The molecule has 0 fully saturated rings. The number of carbonyl (C=O) groups is 2. The van der Waals surface area contributed by atoms with Crippen molar-refractivity contribution >= 4 is 34.2 Å². The number of para-hydroxylation sites is 3. The van der Waals surface area contributed by atoms with E-state index in [4.69, 9.17) is 4.42 Å². The molecule has 1 aliphatic rings. The van der Waals surface area contributed by atoms with Gasteiger partial charge in [0.1, 0.15) is 17.7 Å². The van der Waals surface area contributed by atoms with Gasteiger partial charge in [0.05, 0.1) is 11.4 Å². The number of hydrogen-bond acceptors (Lipinski definition) is 4. The molecule has 3 aromatic rings. The second-order valence-electron chi connectivity index (χ2n) is 5.82. The van der Waals surface area contributed by atoms with Gasteiger partial charge >= 0.3 is 5.63 Å².